The van der Waals surface area contributed by atoms with E-state index < -0.39 is 17.6 Å². The second-order valence-corrected chi connectivity index (χ2v) is 5.65. The van der Waals surface area contributed by atoms with E-state index in [0.29, 0.717) is 19.5 Å². The van der Waals surface area contributed by atoms with Gasteiger partial charge in [0.05, 0.1) is 12.6 Å². The summed E-state index contributed by atoms with van der Waals surface area (Å²) < 4.78 is 0. The van der Waals surface area contributed by atoms with E-state index in [1.165, 1.54) is 4.90 Å². The van der Waals surface area contributed by atoms with E-state index >= 15 is 0 Å². The summed E-state index contributed by atoms with van der Waals surface area (Å²) in [7, 11) is 0. The molecule has 0 aromatic rings. The summed E-state index contributed by atoms with van der Waals surface area (Å²) in [6, 6.07) is 1.76. The van der Waals surface area contributed by atoms with Crippen LogP contribution in [0.25, 0.3) is 0 Å². The molecule has 0 aliphatic carbocycles. The van der Waals surface area contributed by atoms with Crippen LogP contribution in [0.15, 0.2) is 0 Å². The molecule has 1 heterocycles. The number of hydrogen-bond acceptors (Lipinski definition) is 4. The van der Waals surface area contributed by atoms with Crippen molar-refractivity contribution in [2.24, 2.45) is 5.92 Å². The highest BCUT2D eigenvalue weighted by molar-refractivity contribution is 6.05. The Kier molecular flexibility index (Phi) is 8.19. The van der Waals surface area contributed by atoms with E-state index in [4.69, 9.17) is 5.26 Å². The predicted octanol–water partition coefficient (Wildman–Crippen LogP) is 1.40. The Hall–Kier alpha value is -1.90. The zero-order chi connectivity index (χ0) is 16.4. The fourth-order valence-corrected chi connectivity index (χ4v) is 2.43. The lowest BCUT2D eigenvalue weighted by Crippen LogP contribution is -2.43. The van der Waals surface area contributed by atoms with Gasteiger partial charge in [0.1, 0.15) is 0 Å². The molecule has 0 bridgehead atoms. The molecule has 1 atom stereocenters. The number of hydrogen-bond donors (Lipinski definition) is 1. The third-order valence-corrected chi connectivity index (χ3v) is 3.81. The maximum absolute atomic E-state index is 12.2. The number of rotatable bonds is 7. The fourth-order valence-electron chi connectivity index (χ4n) is 2.43. The van der Waals surface area contributed by atoms with Crippen LogP contribution < -0.4 is 5.32 Å². The van der Waals surface area contributed by atoms with Gasteiger partial charge in [0, 0.05) is 19.5 Å². The number of nitrogens with zero attached hydrogens (tertiary/aromatic N) is 2. The number of likely N-dealkylation sites (tertiary alicyclic amines) is 1. The van der Waals surface area contributed by atoms with Gasteiger partial charge in [-0.2, -0.15) is 5.26 Å². The molecule has 1 saturated heterocycles. The topological polar surface area (TPSA) is 90.3 Å². The summed E-state index contributed by atoms with van der Waals surface area (Å²) in [4.78, 5) is 37.5. The third kappa shape index (κ3) is 5.84. The monoisotopic (exact) mass is 307 g/mol. The quantitative estimate of drug-likeness (QED) is 0.568. The first kappa shape index (κ1) is 18.1. The van der Waals surface area contributed by atoms with Gasteiger partial charge in [0.25, 0.3) is 0 Å². The van der Waals surface area contributed by atoms with Crippen LogP contribution >= 0.6 is 0 Å². The molecule has 2 amide bonds. The van der Waals surface area contributed by atoms with E-state index in [0.717, 1.165) is 38.5 Å². The normalized spacial score (nSPS) is 17.1. The van der Waals surface area contributed by atoms with Crippen LogP contribution in [0.5, 0.6) is 0 Å². The second-order valence-electron chi connectivity index (χ2n) is 5.65. The molecule has 1 N–H and O–H groups in total. The van der Waals surface area contributed by atoms with Crippen LogP contribution in [-0.4, -0.2) is 42.1 Å². The van der Waals surface area contributed by atoms with Crippen molar-refractivity contribution >= 4 is 17.6 Å². The lowest BCUT2D eigenvalue weighted by atomic mass is 10.0. The molecule has 6 heteroatoms. The van der Waals surface area contributed by atoms with E-state index in [9.17, 15) is 14.4 Å². The molecule has 1 fully saturated rings. The molecule has 0 unspecified atom stereocenters. The Balaban J connectivity index is 2.57. The average molecular weight is 307 g/mol. The summed E-state index contributed by atoms with van der Waals surface area (Å²) in [6.07, 6.45) is 5.94. The van der Waals surface area contributed by atoms with Crippen LogP contribution in [0.3, 0.4) is 0 Å². The van der Waals surface area contributed by atoms with Crippen molar-refractivity contribution in [1.29, 1.82) is 5.26 Å². The molecule has 0 aromatic heterocycles. The summed E-state index contributed by atoms with van der Waals surface area (Å²) in [6.45, 7) is 2.84. The minimum atomic E-state index is -1.32. The third-order valence-electron chi connectivity index (χ3n) is 3.81. The van der Waals surface area contributed by atoms with Crippen LogP contribution in [0.2, 0.25) is 0 Å². The highest BCUT2D eigenvalue weighted by Gasteiger charge is 2.29. The number of unbranched alkanes of at least 4 members (excludes halogenated alkanes) is 1. The molecule has 0 aromatic carbocycles. The van der Waals surface area contributed by atoms with E-state index in [-0.39, 0.29) is 12.5 Å². The number of nitriles is 1. The lowest BCUT2D eigenvalue weighted by molar-refractivity contribution is -0.139. The van der Waals surface area contributed by atoms with Gasteiger partial charge >= 0.3 is 0 Å². The van der Waals surface area contributed by atoms with Gasteiger partial charge in [0.15, 0.2) is 11.7 Å². The van der Waals surface area contributed by atoms with Crippen LogP contribution in [0.4, 0.5) is 0 Å². The van der Waals surface area contributed by atoms with E-state index in [1.807, 2.05) is 6.92 Å². The molecule has 6 nitrogen and oxygen atoms in total. The van der Waals surface area contributed by atoms with Gasteiger partial charge in [-0.05, 0) is 19.3 Å². The minimum Gasteiger partial charge on any atom is -0.355 e. The number of Topliss-reactive ketones (excluding diaryl/α,β-unsaturated/α-hetero) is 1. The van der Waals surface area contributed by atoms with Gasteiger partial charge in [-0.1, -0.05) is 26.2 Å². The zero-order valence-corrected chi connectivity index (χ0v) is 13.3. The Morgan fingerprint density at radius 1 is 1.32 bits per heavy atom. The Bertz CT molecular complexity index is 442. The number of carbonyl (C=O) groups is 3. The Labute approximate surface area is 131 Å². The van der Waals surface area contributed by atoms with Gasteiger partial charge in [-0.25, -0.2) is 0 Å². The molecule has 122 valence electrons. The molecule has 0 radical (unpaired) electrons. The zero-order valence-electron chi connectivity index (χ0n) is 13.3. The fraction of sp³-hybridized carbons (Fsp3) is 0.750. The summed E-state index contributed by atoms with van der Waals surface area (Å²) in [5.74, 6) is -2.43. The molecule has 0 spiro atoms. The predicted molar refractivity (Wildman–Crippen MR) is 81.7 cm³/mol. The van der Waals surface area contributed by atoms with Gasteiger partial charge < -0.3 is 10.2 Å². The molecular weight excluding hydrogens is 282 g/mol. The first-order chi connectivity index (χ1) is 10.6. The highest BCUT2D eigenvalue weighted by atomic mass is 16.2. The van der Waals surface area contributed by atoms with Crippen molar-refractivity contribution in [2.45, 2.75) is 51.9 Å². The average Bonchev–Trinajstić information content (AvgIpc) is 2.48. The standard InChI is InChI=1S/C16H25N3O3/c1-2-3-9-18-16(22)13(11-17)14(20)12-19-10-7-5-4-6-8-15(19)21/h13H,2-10,12H2,1H3,(H,18,22)/t13-/m1/s1. The molecule has 0 saturated carbocycles. The van der Waals surface area contributed by atoms with Crippen molar-refractivity contribution in [1.82, 2.24) is 10.2 Å². The molecule has 1 aliphatic heterocycles. The van der Waals surface area contributed by atoms with Crippen molar-refractivity contribution in [3.8, 4) is 6.07 Å². The Morgan fingerprint density at radius 3 is 2.73 bits per heavy atom. The summed E-state index contributed by atoms with van der Waals surface area (Å²) in [5.41, 5.74) is 0. The number of nitrogens with one attached hydrogen (secondary N) is 1. The number of carbonyl (C=O) groups excluding carboxylic acids is 3. The summed E-state index contributed by atoms with van der Waals surface area (Å²) >= 11 is 0. The van der Waals surface area contributed by atoms with Gasteiger partial charge in [-0.3, -0.25) is 14.4 Å². The van der Waals surface area contributed by atoms with Crippen LogP contribution in [0.1, 0.15) is 51.9 Å². The van der Waals surface area contributed by atoms with Crippen molar-refractivity contribution in [2.75, 3.05) is 19.6 Å². The second kappa shape index (κ2) is 9.93. The summed E-state index contributed by atoms with van der Waals surface area (Å²) in [5, 5.41) is 11.7. The molecular formula is C16H25N3O3. The SMILES string of the molecule is CCCCNC(=O)[C@H](C#N)C(=O)CN1CCCCCCC1=O. The first-order valence-electron chi connectivity index (χ1n) is 8.08. The molecule has 1 aliphatic rings. The van der Waals surface area contributed by atoms with Gasteiger partial charge in [0.2, 0.25) is 11.8 Å². The van der Waals surface area contributed by atoms with Crippen molar-refractivity contribution in [3.05, 3.63) is 0 Å². The highest BCUT2D eigenvalue weighted by Crippen LogP contribution is 2.12. The van der Waals surface area contributed by atoms with Crippen molar-refractivity contribution in [3.63, 3.8) is 0 Å². The van der Waals surface area contributed by atoms with E-state index in [1.54, 1.807) is 6.07 Å². The number of amides is 2. The number of ketones is 1. The first-order valence-corrected chi connectivity index (χ1v) is 8.08. The smallest absolute Gasteiger partial charge is 0.245 e. The minimum absolute atomic E-state index is 0.0591. The largest absolute Gasteiger partial charge is 0.355 e. The van der Waals surface area contributed by atoms with Gasteiger partial charge in [-0.15, -0.1) is 0 Å². The lowest BCUT2D eigenvalue weighted by Gasteiger charge is -2.24. The van der Waals surface area contributed by atoms with Crippen molar-refractivity contribution < 1.29 is 14.4 Å². The molecule has 1 rings (SSSR count). The van der Waals surface area contributed by atoms with Crippen LogP contribution in [0, 0.1) is 17.2 Å². The molecule has 22 heavy (non-hydrogen) atoms. The maximum Gasteiger partial charge on any atom is 0.245 e. The Morgan fingerprint density at radius 2 is 2.05 bits per heavy atom. The van der Waals surface area contributed by atoms with Crippen LogP contribution in [-0.2, 0) is 14.4 Å². The van der Waals surface area contributed by atoms with E-state index in [2.05, 4.69) is 5.32 Å². The maximum atomic E-state index is 12.2.